The molecule has 0 spiro atoms. The molecule has 1 aliphatic rings. The van der Waals surface area contributed by atoms with Gasteiger partial charge in [-0.1, -0.05) is 12.1 Å². The fraction of sp³-hybridized carbons (Fsp3) is 0.571. The zero-order valence-corrected chi connectivity index (χ0v) is 12.5. The molecule has 5 nitrogen and oxygen atoms in total. The van der Waals surface area contributed by atoms with Crippen molar-refractivity contribution in [3.63, 3.8) is 0 Å². The van der Waals surface area contributed by atoms with Crippen LogP contribution in [0, 0.1) is 5.92 Å². The van der Waals surface area contributed by atoms with Crippen LogP contribution in [0.4, 0.5) is 0 Å². The van der Waals surface area contributed by atoms with Crippen LogP contribution in [-0.2, 0) is 16.3 Å². The van der Waals surface area contributed by atoms with Crippen LogP contribution in [0.3, 0.4) is 0 Å². The molecule has 6 heteroatoms. The quantitative estimate of drug-likeness (QED) is 0.602. The number of hydrogen-bond acceptors (Lipinski definition) is 5. The van der Waals surface area contributed by atoms with Gasteiger partial charge in [0.25, 0.3) is 0 Å². The van der Waals surface area contributed by atoms with Crippen LogP contribution in [0.15, 0.2) is 24.3 Å². The highest BCUT2D eigenvalue weighted by atomic mass is 32.2. The molecule has 1 saturated heterocycles. The average molecular weight is 298 g/mol. The number of nitrogens with one attached hydrogen (secondary N) is 1. The van der Waals surface area contributed by atoms with Gasteiger partial charge in [0, 0.05) is 6.04 Å². The molecule has 2 atom stereocenters. The summed E-state index contributed by atoms with van der Waals surface area (Å²) < 4.78 is 28.2. The Bertz CT molecular complexity index is 528. The third kappa shape index (κ3) is 3.94. The van der Waals surface area contributed by atoms with Crippen molar-refractivity contribution in [1.82, 2.24) is 5.43 Å². The van der Waals surface area contributed by atoms with Gasteiger partial charge < -0.3 is 4.74 Å². The van der Waals surface area contributed by atoms with E-state index in [4.69, 9.17) is 10.6 Å². The number of sulfone groups is 1. The molecule has 1 heterocycles. The molecule has 0 saturated carbocycles. The van der Waals surface area contributed by atoms with Gasteiger partial charge in [-0.25, -0.2) is 8.42 Å². The van der Waals surface area contributed by atoms with Gasteiger partial charge in [-0.3, -0.25) is 11.3 Å². The molecule has 3 N–H and O–H groups in total. The van der Waals surface area contributed by atoms with E-state index in [1.165, 1.54) is 5.56 Å². The first kappa shape index (κ1) is 15.3. The molecule has 1 aromatic carbocycles. The predicted molar refractivity (Wildman–Crippen MR) is 79.2 cm³/mol. The Labute approximate surface area is 120 Å². The normalized spacial score (nSPS) is 22.6. The van der Waals surface area contributed by atoms with Gasteiger partial charge >= 0.3 is 0 Å². The number of aryl methyl sites for hydroxylation is 1. The first-order chi connectivity index (χ1) is 9.54. The third-order valence-corrected chi connectivity index (χ3v) is 5.75. The van der Waals surface area contributed by atoms with E-state index in [1.807, 2.05) is 24.3 Å². The molecule has 2 unspecified atom stereocenters. The highest BCUT2D eigenvalue weighted by molar-refractivity contribution is 7.91. The Hall–Kier alpha value is -1.11. The molecule has 0 aliphatic carbocycles. The first-order valence-corrected chi connectivity index (χ1v) is 8.65. The second kappa shape index (κ2) is 6.56. The van der Waals surface area contributed by atoms with Crippen molar-refractivity contribution in [3.8, 4) is 5.75 Å². The standard InChI is InChI=1S/C14H22N2O3S/c1-19-13-5-2-11(3-6-13)4-7-14(16-15)12-8-9-20(17,18)10-12/h2-3,5-6,12,14,16H,4,7-10,15H2,1H3. The smallest absolute Gasteiger partial charge is 0.150 e. The van der Waals surface area contributed by atoms with Crippen molar-refractivity contribution in [2.45, 2.75) is 25.3 Å². The van der Waals surface area contributed by atoms with Crippen molar-refractivity contribution < 1.29 is 13.2 Å². The maximum absolute atomic E-state index is 11.5. The number of ether oxygens (including phenoxy) is 1. The molecule has 1 aromatic rings. The van der Waals surface area contributed by atoms with E-state index in [-0.39, 0.29) is 17.7 Å². The number of hydrazine groups is 1. The lowest BCUT2D eigenvalue weighted by Crippen LogP contribution is -2.41. The second-order valence-electron chi connectivity index (χ2n) is 5.32. The van der Waals surface area contributed by atoms with Crippen LogP contribution < -0.4 is 16.0 Å². The highest BCUT2D eigenvalue weighted by Gasteiger charge is 2.32. The summed E-state index contributed by atoms with van der Waals surface area (Å²) in [5, 5.41) is 0. The largest absolute Gasteiger partial charge is 0.497 e. The summed E-state index contributed by atoms with van der Waals surface area (Å²) in [5.74, 6) is 7.10. The van der Waals surface area contributed by atoms with Gasteiger partial charge in [0.1, 0.15) is 5.75 Å². The van der Waals surface area contributed by atoms with Gasteiger partial charge in [0.2, 0.25) is 0 Å². The molecule has 112 valence electrons. The molecular weight excluding hydrogens is 276 g/mol. The van der Waals surface area contributed by atoms with Crippen LogP contribution in [0.25, 0.3) is 0 Å². The highest BCUT2D eigenvalue weighted by Crippen LogP contribution is 2.24. The van der Waals surface area contributed by atoms with E-state index in [9.17, 15) is 8.42 Å². The second-order valence-corrected chi connectivity index (χ2v) is 7.55. The van der Waals surface area contributed by atoms with E-state index in [0.29, 0.717) is 12.2 Å². The third-order valence-electron chi connectivity index (χ3n) is 3.95. The maximum atomic E-state index is 11.5. The molecule has 1 fully saturated rings. The van der Waals surface area contributed by atoms with Crippen LogP contribution >= 0.6 is 0 Å². The Morgan fingerprint density at radius 2 is 2.10 bits per heavy atom. The number of benzene rings is 1. The summed E-state index contributed by atoms with van der Waals surface area (Å²) in [4.78, 5) is 0. The predicted octanol–water partition coefficient (Wildman–Crippen LogP) is 0.894. The lowest BCUT2D eigenvalue weighted by atomic mass is 9.94. The van der Waals surface area contributed by atoms with Gasteiger partial charge in [0.05, 0.1) is 18.6 Å². The minimum Gasteiger partial charge on any atom is -0.497 e. The Morgan fingerprint density at radius 3 is 2.60 bits per heavy atom. The van der Waals surface area contributed by atoms with E-state index in [2.05, 4.69) is 5.43 Å². The Kier molecular flexibility index (Phi) is 5.01. The van der Waals surface area contributed by atoms with Gasteiger partial charge in [-0.2, -0.15) is 0 Å². The summed E-state index contributed by atoms with van der Waals surface area (Å²) in [6.07, 6.45) is 2.41. The summed E-state index contributed by atoms with van der Waals surface area (Å²) in [7, 11) is -1.21. The number of hydrogen-bond donors (Lipinski definition) is 2. The van der Waals surface area contributed by atoms with Crippen molar-refractivity contribution in [2.24, 2.45) is 11.8 Å². The van der Waals surface area contributed by atoms with Crippen LogP contribution in [0.1, 0.15) is 18.4 Å². The van der Waals surface area contributed by atoms with Crippen LogP contribution in [0.2, 0.25) is 0 Å². The summed E-state index contributed by atoms with van der Waals surface area (Å²) in [6, 6.07) is 7.96. The summed E-state index contributed by atoms with van der Waals surface area (Å²) in [6.45, 7) is 0. The van der Waals surface area contributed by atoms with Crippen molar-refractivity contribution in [3.05, 3.63) is 29.8 Å². The SMILES string of the molecule is COc1ccc(CCC(NN)C2CCS(=O)(=O)C2)cc1. The number of nitrogens with two attached hydrogens (primary N) is 1. The lowest BCUT2D eigenvalue weighted by Gasteiger charge is -2.21. The average Bonchev–Trinajstić information content (AvgIpc) is 2.80. The monoisotopic (exact) mass is 298 g/mol. The fourth-order valence-electron chi connectivity index (χ4n) is 2.71. The van der Waals surface area contributed by atoms with E-state index in [0.717, 1.165) is 18.6 Å². The summed E-state index contributed by atoms with van der Waals surface area (Å²) in [5.41, 5.74) is 3.99. The first-order valence-electron chi connectivity index (χ1n) is 6.83. The molecule has 1 aliphatic heterocycles. The van der Waals surface area contributed by atoms with Crippen molar-refractivity contribution >= 4 is 9.84 Å². The Morgan fingerprint density at radius 1 is 1.40 bits per heavy atom. The number of rotatable bonds is 6. The van der Waals surface area contributed by atoms with Gasteiger partial charge in [-0.05, 0) is 42.9 Å². The fourth-order valence-corrected chi connectivity index (χ4v) is 4.59. The van der Waals surface area contributed by atoms with Gasteiger partial charge in [0.15, 0.2) is 9.84 Å². The van der Waals surface area contributed by atoms with Gasteiger partial charge in [-0.15, -0.1) is 0 Å². The number of methoxy groups -OCH3 is 1. The topological polar surface area (TPSA) is 81.4 Å². The molecule has 0 amide bonds. The molecular formula is C14H22N2O3S. The maximum Gasteiger partial charge on any atom is 0.150 e. The van der Waals surface area contributed by atoms with E-state index in [1.54, 1.807) is 7.11 Å². The van der Waals surface area contributed by atoms with E-state index < -0.39 is 9.84 Å². The van der Waals surface area contributed by atoms with Crippen molar-refractivity contribution in [1.29, 1.82) is 0 Å². The van der Waals surface area contributed by atoms with E-state index >= 15 is 0 Å². The molecule has 0 bridgehead atoms. The van der Waals surface area contributed by atoms with Crippen LogP contribution in [-0.4, -0.2) is 33.1 Å². The lowest BCUT2D eigenvalue weighted by molar-refractivity contribution is 0.367. The Balaban J connectivity index is 1.90. The molecule has 20 heavy (non-hydrogen) atoms. The zero-order chi connectivity index (χ0) is 14.6. The molecule has 2 rings (SSSR count). The minimum absolute atomic E-state index is 0.0503. The van der Waals surface area contributed by atoms with Crippen LogP contribution in [0.5, 0.6) is 5.75 Å². The molecule has 0 radical (unpaired) electrons. The van der Waals surface area contributed by atoms with Crippen molar-refractivity contribution in [2.75, 3.05) is 18.6 Å². The summed E-state index contributed by atoms with van der Waals surface area (Å²) >= 11 is 0. The zero-order valence-electron chi connectivity index (χ0n) is 11.7. The minimum atomic E-state index is -2.85. The molecule has 0 aromatic heterocycles.